The third-order valence-electron chi connectivity index (χ3n) is 2.36. The molecule has 0 fully saturated rings. The van der Waals surface area contributed by atoms with E-state index in [2.05, 4.69) is 17.1 Å². The molecule has 1 heterocycles. The molecule has 0 amide bonds. The number of aromatic amines is 1. The van der Waals surface area contributed by atoms with E-state index in [1.165, 1.54) is 4.57 Å². The van der Waals surface area contributed by atoms with Crippen LogP contribution in [-0.4, -0.2) is 44.8 Å². The number of unbranched alkanes of at least 4 members (excludes halogenated alkanes) is 1. The first-order valence-electron chi connectivity index (χ1n) is 6.22. The van der Waals surface area contributed by atoms with Gasteiger partial charge < -0.3 is 9.84 Å². The Labute approximate surface area is 115 Å². The Balaban J connectivity index is 2.37. The van der Waals surface area contributed by atoms with Gasteiger partial charge >= 0.3 is 11.7 Å². The molecule has 0 saturated heterocycles. The highest BCUT2D eigenvalue weighted by Crippen LogP contribution is 2.12. The first kappa shape index (κ1) is 15.8. The van der Waals surface area contributed by atoms with Crippen molar-refractivity contribution in [2.75, 3.05) is 19.0 Å². The van der Waals surface area contributed by atoms with E-state index in [0.717, 1.165) is 31.2 Å². The van der Waals surface area contributed by atoms with Crippen LogP contribution in [0.5, 0.6) is 0 Å². The molecule has 7 nitrogen and oxygen atoms in total. The van der Waals surface area contributed by atoms with E-state index in [4.69, 9.17) is 9.84 Å². The average Bonchev–Trinajstić information content (AvgIpc) is 2.72. The average molecular weight is 289 g/mol. The van der Waals surface area contributed by atoms with Crippen molar-refractivity contribution in [2.45, 2.75) is 37.9 Å². The van der Waals surface area contributed by atoms with Crippen LogP contribution in [0.15, 0.2) is 9.95 Å². The van der Waals surface area contributed by atoms with E-state index in [1.54, 1.807) is 0 Å². The largest absolute Gasteiger partial charge is 0.481 e. The van der Waals surface area contributed by atoms with Gasteiger partial charge in [0.2, 0.25) is 0 Å². The molecule has 0 radical (unpaired) electrons. The van der Waals surface area contributed by atoms with E-state index in [0.29, 0.717) is 24.7 Å². The summed E-state index contributed by atoms with van der Waals surface area (Å²) in [5.41, 5.74) is -0.318. The highest BCUT2D eigenvalue weighted by atomic mass is 32.2. The standard InChI is InChI=1S/C11H19N3O4S/c1-2-3-6-18-7-4-5-14-10(17)12-13-11(14)19-8-9(15)16/h2-8H2,1H3,(H,12,17)(H,15,16). The van der Waals surface area contributed by atoms with E-state index in [9.17, 15) is 9.59 Å². The normalized spacial score (nSPS) is 10.8. The minimum Gasteiger partial charge on any atom is -0.481 e. The summed E-state index contributed by atoms with van der Waals surface area (Å²) >= 11 is 1.03. The van der Waals surface area contributed by atoms with Crippen LogP contribution in [0.2, 0.25) is 0 Å². The topological polar surface area (TPSA) is 97.2 Å². The van der Waals surface area contributed by atoms with Crippen molar-refractivity contribution in [1.82, 2.24) is 14.8 Å². The van der Waals surface area contributed by atoms with Gasteiger partial charge in [0, 0.05) is 19.8 Å². The molecule has 0 spiro atoms. The molecule has 108 valence electrons. The molecule has 0 atom stereocenters. The van der Waals surface area contributed by atoms with Crippen LogP contribution in [0.4, 0.5) is 0 Å². The van der Waals surface area contributed by atoms with Crippen molar-refractivity contribution >= 4 is 17.7 Å². The molecule has 0 aliphatic heterocycles. The molecule has 0 aliphatic rings. The Morgan fingerprint density at radius 1 is 1.47 bits per heavy atom. The number of ether oxygens (including phenoxy) is 1. The summed E-state index contributed by atoms with van der Waals surface area (Å²) < 4.78 is 6.84. The Morgan fingerprint density at radius 3 is 2.89 bits per heavy atom. The van der Waals surface area contributed by atoms with Crippen molar-refractivity contribution in [3.63, 3.8) is 0 Å². The van der Waals surface area contributed by atoms with E-state index < -0.39 is 5.97 Å². The zero-order valence-corrected chi connectivity index (χ0v) is 11.7. The third-order valence-corrected chi connectivity index (χ3v) is 3.32. The van der Waals surface area contributed by atoms with Gasteiger partial charge in [-0.2, -0.15) is 0 Å². The maximum Gasteiger partial charge on any atom is 0.343 e. The lowest BCUT2D eigenvalue weighted by molar-refractivity contribution is -0.133. The highest BCUT2D eigenvalue weighted by Gasteiger charge is 2.10. The van der Waals surface area contributed by atoms with Gasteiger partial charge in [-0.15, -0.1) is 5.10 Å². The summed E-state index contributed by atoms with van der Waals surface area (Å²) in [5, 5.41) is 15.1. The second-order valence-electron chi connectivity index (χ2n) is 3.96. The van der Waals surface area contributed by atoms with Gasteiger partial charge in [0.15, 0.2) is 5.16 Å². The van der Waals surface area contributed by atoms with Gasteiger partial charge in [-0.05, 0) is 12.8 Å². The molecule has 0 aliphatic carbocycles. The molecule has 1 aromatic heterocycles. The molecule has 1 rings (SSSR count). The van der Waals surface area contributed by atoms with Crippen LogP contribution < -0.4 is 5.69 Å². The SMILES string of the molecule is CCCCOCCCn1c(SCC(=O)O)n[nH]c1=O. The van der Waals surface area contributed by atoms with Gasteiger partial charge in [0.25, 0.3) is 0 Å². The summed E-state index contributed by atoms with van der Waals surface area (Å²) in [6.45, 7) is 3.89. The van der Waals surface area contributed by atoms with Gasteiger partial charge in [0.1, 0.15) is 0 Å². The predicted octanol–water partition coefficient (Wildman–Crippen LogP) is 0.955. The quantitative estimate of drug-likeness (QED) is 0.492. The molecule has 19 heavy (non-hydrogen) atoms. The lowest BCUT2D eigenvalue weighted by Gasteiger charge is -2.05. The van der Waals surface area contributed by atoms with Crippen LogP contribution >= 0.6 is 11.8 Å². The van der Waals surface area contributed by atoms with Gasteiger partial charge in [0.05, 0.1) is 5.75 Å². The molecule has 0 saturated carbocycles. The Kier molecular flexibility index (Phi) is 7.27. The molecular formula is C11H19N3O4S. The van der Waals surface area contributed by atoms with E-state index >= 15 is 0 Å². The zero-order chi connectivity index (χ0) is 14.1. The number of carbonyl (C=O) groups is 1. The lowest BCUT2D eigenvalue weighted by atomic mass is 10.4. The minimum absolute atomic E-state index is 0.114. The first-order valence-corrected chi connectivity index (χ1v) is 7.21. The van der Waals surface area contributed by atoms with Crippen molar-refractivity contribution in [1.29, 1.82) is 0 Å². The Hall–Kier alpha value is -1.28. The van der Waals surface area contributed by atoms with Crippen molar-refractivity contribution in [3.05, 3.63) is 10.5 Å². The number of H-pyrrole nitrogens is 1. The monoisotopic (exact) mass is 289 g/mol. The van der Waals surface area contributed by atoms with Crippen LogP contribution in [0, 0.1) is 0 Å². The molecule has 0 aromatic carbocycles. The number of carboxylic acids is 1. The first-order chi connectivity index (χ1) is 9.15. The number of aromatic nitrogens is 3. The smallest absolute Gasteiger partial charge is 0.343 e. The number of thioether (sulfide) groups is 1. The van der Waals surface area contributed by atoms with Crippen molar-refractivity contribution in [2.24, 2.45) is 0 Å². The van der Waals surface area contributed by atoms with Crippen LogP contribution in [0.1, 0.15) is 26.2 Å². The molecular weight excluding hydrogens is 270 g/mol. The highest BCUT2D eigenvalue weighted by molar-refractivity contribution is 7.99. The summed E-state index contributed by atoms with van der Waals surface area (Å²) in [6, 6.07) is 0. The molecule has 1 aromatic rings. The van der Waals surface area contributed by atoms with Crippen LogP contribution in [0.25, 0.3) is 0 Å². The van der Waals surface area contributed by atoms with Crippen molar-refractivity contribution in [3.8, 4) is 0 Å². The van der Waals surface area contributed by atoms with Crippen LogP contribution in [0.3, 0.4) is 0 Å². The molecule has 2 N–H and O–H groups in total. The van der Waals surface area contributed by atoms with Crippen LogP contribution in [-0.2, 0) is 16.1 Å². The van der Waals surface area contributed by atoms with Gasteiger partial charge in [-0.25, -0.2) is 9.89 Å². The summed E-state index contributed by atoms with van der Waals surface area (Å²) in [7, 11) is 0. The fourth-order valence-corrected chi connectivity index (χ4v) is 2.10. The summed E-state index contributed by atoms with van der Waals surface area (Å²) in [6.07, 6.45) is 2.83. The Bertz CT molecular complexity index is 443. The van der Waals surface area contributed by atoms with Gasteiger partial charge in [-0.1, -0.05) is 25.1 Å². The minimum atomic E-state index is -0.935. The second-order valence-corrected chi connectivity index (χ2v) is 4.91. The predicted molar refractivity (Wildman–Crippen MR) is 71.6 cm³/mol. The number of nitrogens with zero attached hydrogens (tertiary/aromatic N) is 2. The van der Waals surface area contributed by atoms with E-state index in [-0.39, 0.29) is 11.4 Å². The molecule has 0 bridgehead atoms. The van der Waals surface area contributed by atoms with Crippen molar-refractivity contribution < 1.29 is 14.6 Å². The maximum absolute atomic E-state index is 11.5. The third kappa shape index (κ3) is 5.93. The Morgan fingerprint density at radius 2 is 2.21 bits per heavy atom. The fourth-order valence-electron chi connectivity index (χ4n) is 1.41. The zero-order valence-electron chi connectivity index (χ0n) is 10.9. The van der Waals surface area contributed by atoms with Gasteiger partial charge in [-0.3, -0.25) is 9.36 Å². The number of carboxylic acid groups (broad SMARTS) is 1. The lowest BCUT2D eigenvalue weighted by Crippen LogP contribution is -2.19. The number of hydrogen-bond acceptors (Lipinski definition) is 5. The summed E-state index contributed by atoms with van der Waals surface area (Å²) in [5.74, 6) is -1.05. The summed E-state index contributed by atoms with van der Waals surface area (Å²) in [4.78, 5) is 22.0. The molecule has 0 unspecified atom stereocenters. The number of rotatable bonds is 10. The number of hydrogen-bond donors (Lipinski definition) is 2. The second kappa shape index (κ2) is 8.76. The molecule has 8 heteroatoms. The van der Waals surface area contributed by atoms with E-state index in [1.807, 2.05) is 0 Å². The maximum atomic E-state index is 11.5. The number of aliphatic carboxylic acids is 1. The fraction of sp³-hybridized carbons (Fsp3) is 0.727. The number of nitrogens with one attached hydrogen (secondary N) is 1.